The molecule has 1 aliphatic heterocycles. The van der Waals surface area contributed by atoms with E-state index in [-0.39, 0.29) is 11.8 Å². The molecule has 24 heavy (non-hydrogen) atoms. The van der Waals surface area contributed by atoms with Crippen LogP contribution in [0.3, 0.4) is 0 Å². The van der Waals surface area contributed by atoms with E-state index in [4.69, 9.17) is 0 Å². The summed E-state index contributed by atoms with van der Waals surface area (Å²) in [5, 5.41) is 10.3. The molecule has 0 unspecified atom stereocenters. The van der Waals surface area contributed by atoms with E-state index in [2.05, 4.69) is 17.1 Å². The predicted molar refractivity (Wildman–Crippen MR) is 93.4 cm³/mol. The molecular formula is C20H24N2O2. The lowest BCUT2D eigenvalue weighted by molar-refractivity contribution is -0.130. The first-order chi connectivity index (χ1) is 11.7. The number of benzene rings is 1. The number of aliphatic hydroxyl groups excluding tert-OH is 1. The van der Waals surface area contributed by atoms with Gasteiger partial charge in [0.1, 0.15) is 0 Å². The Morgan fingerprint density at radius 3 is 2.58 bits per heavy atom. The summed E-state index contributed by atoms with van der Waals surface area (Å²) in [7, 11) is 0. The zero-order valence-electron chi connectivity index (χ0n) is 13.8. The van der Waals surface area contributed by atoms with Crippen molar-refractivity contribution in [2.45, 2.75) is 31.8 Å². The van der Waals surface area contributed by atoms with Crippen LogP contribution in [-0.2, 0) is 17.6 Å². The standard InChI is InChI=1S/C20H24N2O2/c23-19-15-22(14-18(19)13-17-9-11-21-12-10-17)20(24)8-4-7-16-5-2-1-3-6-16/h1-3,5-6,9-12,18-19,23H,4,7-8,13-15H2/t18-,19+/m1/s1. The van der Waals surface area contributed by atoms with Crippen molar-refractivity contribution in [1.82, 2.24) is 9.88 Å². The first kappa shape index (κ1) is 16.7. The second-order valence-electron chi connectivity index (χ2n) is 6.52. The van der Waals surface area contributed by atoms with Crippen LogP contribution < -0.4 is 0 Å². The fourth-order valence-electron chi connectivity index (χ4n) is 3.33. The van der Waals surface area contributed by atoms with E-state index in [1.54, 1.807) is 12.4 Å². The molecule has 0 bridgehead atoms. The Hall–Kier alpha value is -2.20. The van der Waals surface area contributed by atoms with Gasteiger partial charge in [0, 0.05) is 37.8 Å². The van der Waals surface area contributed by atoms with Crippen molar-refractivity contribution in [2.75, 3.05) is 13.1 Å². The van der Waals surface area contributed by atoms with Crippen molar-refractivity contribution in [2.24, 2.45) is 5.92 Å². The van der Waals surface area contributed by atoms with Crippen LogP contribution in [0.15, 0.2) is 54.9 Å². The van der Waals surface area contributed by atoms with Crippen LogP contribution in [0.1, 0.15) is 24.0 Å². The zero-order chi connectivity index (χ0) is 16.8. The molecule has 126 valence electrons. The van der Waals surface area contributed by atoms with Crippen molar-refractivity contribution < 1.29 is 9.90 Å². The molecule has 4 nitrogen and oxygen atoms in total. The molecule has 0 aliphatic carbocycles. The fraction of sp³-hybridized carbons (Fsp3) is 0.400. The lowest BCUT2D eigenvalue weighted by atomic mass is 9.97. The Labute approximate surface area is 143 Å². The summed E-state index contributed by atoms with van der Waals surface area (Å²) in [5.41, 5.74) is 2.43. The summed E-state index contributed by atoms with van der Waals surface area (Å²) >= 11 is 0. The van der Waals surface area contributed by atoms with E-state index >= 15 is 0 Å². The number of carbonyl (C=O) groups is 1. The Kier molecular flexibility index (Phi) is 5.59. The van der Waals surface area contributed by atoms with Crippen molar-refractivity contribution >= 4 is 5.91 Å². The number of amides is 1. The van der Waals surface area contributed by atoms with Gasteiger partial charge >= 0.3 is 0 Å². The fourth-order valence-corrected chi connectivity index (χ4v) is 3.33. The highest BCUT2D eigenvalue weighted by Crippen LogP contribution is 2.22. The number of likely N-dealkylation sites (tertiary alicyclic amines) is 1. The minimum Gasteiger partial charge on any atom is -0.391 e. The molecule has 0 radical (unpaired) electrons. The van der Waals surface area contributed by atoms with E-state index in [1.807, 2.05) is 35.2 Å². The Bertz CT molecular complexity index is 645. The third-order valence-corrected chi connectivity index (χ3v) is 4.71. The van der Waals surface area contributed by atoms with Crippen molar-refractivity contribution in [3.63, 3.8) is 0 Å². The molecule has 1 N–H and O–H groups in total. The Morgan fingerprint density at radius 2 is 1.83 bits per heavy atom. The number of rotatable bonds is 6. The highest BCUT2D eigenvalue weighted by atomic mass is 16.3. The lowest BCUT2D eigenvalue weighted by Crippen LogP contribution is -2.29. The molecule has 1 aromatic heterocycles. The number of β-amino-alcohol motifs (C(OH)–C–C–N with tert-alkyl or cyclic N) is 1. The summed E-state index contributed by atoms with van der Waals surface area (Å²) in [6, 6.07) is 14.2. The van der Waals surface area contributed by atoms with Crippen molar-refractivity contribution in [3.05, 3.63) is 66.0 Å². The van der Waals surface area contributed by atoms with E-state index in [0.717, 1.165) is 24.8 Å². The van der Waals surface area contributed by atoms with Crippen LogP contribution in [0.25, 0.3) is 0 Å². The van der Waals surface area contributed by atoms with Crippen LogP contribution >= 0.6 is 0 Å². The second-order valence-corrected chi connectivity index (χ2v) is 6.52. The Morgan fingerprint density at radius 1 is 1.08 bits per heavy atom. The number of aryl methyl sites for hydroxylation is 1. The number of pyridine rings is 1. The van der Waals surface area contributed by atoms with Crippen LogP contribution in [0.2, 0.25) is 0 Å². The molecule has 0 spiro atoms. The van der Waals surface area contributed by atoms with E-state index < -0.39 is 6.10 Å². The molecule has 1 amide bonds. The molecule has 2 heterocycles. The van der Waals surface area contributed by atoms with Gasteiger partial charge in [0.2, 0.25) is 5.91 Å². The van der Waals surface area contributed by atoms with Crippen LogP contribution in [-0.4, -0.2) is 40.1 Å². The average Bonchev–Trinajstić information content (AvgIpc) is 2.97. The number of hydrogen-bond donors (Lipinski definition) is 1. The van der Waals surface area contributed by atoms with Gasteiger partial charge in [-0.25, -0.2) is 0 Å². The summed E-state index contributed by atoms with van der Waals surface area (Å²) in [6.07, 6.45) is 6.21. The molecule has 0 saturated carbocycles. The van der Waals surface area contributed by atoms with E-state index in [0.29, 0.717) is 19.5 Å². The maximum absolute atomic E-state index is 12.4. The highest BCUT2D eigenvalue weighted by Gasteiger charge is 2.33. The average molecular weight is 324 g/mol. The zero-order valence-corrected chi connectivity index (χ0v) is 13.8. The van der Waals surface area contributed by atoms with Crippen LogP contribution in [0, 0.1) is 5.92 Å². The number of hydrogen-bond acceptors (Lipinski definition) is 3. The van der Waals surface area contributed by atoms with Crippen LogP contribution in [0.5, 0.6) is 0 Å². The normalized spacial score (nSPS) is 20.3. The summed E-state index contributed by atoms with van der Waals surface area (Å²) in [5.74, 6) is 0.271. The quantitative estimate of drug-likeness (QED) is 0.888. The molecule has 2 aromatic rings. The van der Waals surface area contributed by atoms with E-state index in [9.17, 15) is 9.90 Å². The van der Waals surface area contributed by atoms with Gasteiger partial charge in [0.25, 0.3) is 0 Å². The minimum atomic E-state index is -0.434. The number of aliphatic hydroxyl groups is 1. The van der Waals surface area contributed by atoms with Gasteiger partial charge in [-0.05, 0) is 42.5 Å². The summed E-state index contributed by atoms with van der Waals surface area (Å²) in [6.45, 7) is 1.10. The number of aromatic nitrogens is 1. The molecular weight excluding hydrogens is 300 g/mol. The second kappa shape index (κ2) is 8.06. The first-order valence-corrected chi connectivity index (χ1v) is 8.61. The Balaban J connectivity index is 1.46. The molecule has 1 saturated heterocycles. The van der Waals surface area contributed by atoms with Crippen molar-refractivity contribution in [3.8, 4) is 0 Å². The summed E-state index contributed by atoms with van der Waals surface area (Å²) in [4.78, 5) is 18.2. The molecule has 1 aliphatic rings. The van der Waals surface area contributed by atoms with Crippen molar-refractivity contribution in [1.29, 1.82) is 0 Å². The molecule has 2 atom stereocenters. The third-order valence-electron chi connectivity index (χ3n) is 4.71. The van der Waals surface area contributed by atoms with Gasteiger partial charge in [0.15, 0.2) is 0 Å². The molecule has 1 aromatic carbocycles. The smallest absolute Gasteiger partial charge is 0.222 e. The molecule has 4 heteroatoms. The summed E-state index contributed by atoms with van der Waals surface area (Å²) < 4.78 is 0. The van der Waals surface area contributed by atoms with Gasteiger partial charge in [0.05, 0.1) is 6.10 Å². The van der Waals surface area contributed by atoms with Gasteiger partial charge in [-0.1, -0.05) is 30.3 Å². The number of carbonyl (C=O) groups excluding carboxylic acids is 1. The monoisotopic (exact) mass is 324 g/mol. The largest absolute Gasteiger partial charge is 0.391 e. The topological polar surface area (TPSA) is 53.4 Å². The van der Waals surface area contributed by atoms with Gasteiger partial charge in [-0.15, -0.1) is 0 Å². The molecule has 3 rings (SSSR count). The maximum atomic E-state index is 12.4. The number of nitrogens with zero attached hydrogens (tertiary/aromatic N) is 2. The van der Waals surface area contributed by atoms with Gasteiger partial charge in [-0.3, -0.25) is 9.78 Å². The SMILES string of the molecule is O=C(CCCc1ccccc1)N1C[C@@H](Cc2ccncc2)[C@@H](O)C1. The first-order valence-electron chi connectivity index (χ1n) is 8.61. The van der Waals surface area contributed by atoms with Gasteiger partial charge in [-0.2, -0.15) is 0 Å². The minimum absolute atomic E-state index is 0.116. The third kappa shape index (κ3) is 4.42. The predicted octanol–water partition coefficient (Wildman–Crippen LogP) is 2.47. The maximum Gasteiger partial charge on any atom is 0.222 e. The van der Waals surface area contributed by atoms with Gasteiger partial charge < -0.3 is 10.0 Å². The highest BCUT2D eigenvalue weighted by molar-refractivity contribution is 5.76. The lowest BCUT2D eigenvalue weighted by Gasteiger charge is -2.16. The molecule has 1 fully saturated rings. The van der Waals surface area contributed by atoms with E-state index in [1.165, 1.54) is 5.56 Å². The van der Waals surface area contributed by atoms with Crippen LogP contribution in [0.4, 0.5) is 0 Å².